The van der Waals surface area contributed by atoms with E-state index in [0.29, 0.717) is 22.4 Å². The van der Waals surface area contributed by atoms with Gasteiger partial charge >= 0.3 is 0 Å². The fourth-order valence-electron chi connectivity index (χ4n) is 3.41. The Bertz CT molecular complexity index is 746. The Morgan fingerprint density at radius 3 is 2.68 bits per heavy atom. The fraction of sp³-hybridized carbons (Fsp3) is 0.476. The summed E-state index contributed by atoms with van der Waals surface area (Å²) in [5, 5.41) is 4.52. The van der Waals surface area contributed by atoms with Crippen LogP contribution in [0.4, 0.5) is 5.69 Å². The van der Waals surface area contributed by atoms with E-state index in [2.05, 4.69) is 15.1 Å². The molecule has 152 valence electrons. The van der Waals surface area contributed by atoms with Gasteiger partial charge in [-0.25, -0.2) is 0 Å². The van der Waals surface area contributed by atoms with Crippen molar-refractivity contribution >= 4 is 34.6 Å². The number of likely N-dealkylation sites (tertiary alicyclic amines) is 1. The van der Waals surface area contributed by atoms with Crippen LogP contribution in [0.25, 0.3) is 0 Å². The quantitative estimate of drug-likeness (QED) is 0.633. The zero-order chi connectivity index (χ0) is 19.8. The molecule has 0 amide bonds. The molecule has 0 atom stereocenters. The van der Waals surface area contributed by atoms with Crippen LogP contribution in [0.2, 0.25) is 5.02 Å². The third-order valence-electron chi connectivity index (χ3n) is 5.00. The molecule has 1 aromatic heterocycles. The second kappa shape index (κ2) is 10.7. The Balaban J connectivity index is 1.64. The van der Waals surface area contributed by atoms with Crippen molar-refractivity contribution in [3.05, 3.63) is 47.4 Å². The SMILES string of the molecule is COc1ccc(NC(=S)N(CCN2CCCCCC2)Cc2ccco2)cc1Cl. The summed E-state index contributed by atoms with van der Waals surface area (Å²) >= 11 is 12.0. The smallest absolute Gasteiger partial charge is 0.173 e. The molecule has 1 aliphatic heterocycles. The summed E-state index contributed by atoms with van der Waals surface area (Å²) in [6, 6.07) is 9.46. The highest BCUT2D eigenvalue weighted by Crippen LogP contribution is 2.27. The molecule has 0 bridgehead atoms. The van der Waals surface area contributed by atoms with Crippen LogP contribution in [-0.2, 0) is 6.54 Å². The molecule has 2 heterocycles. The number of nitrogens with zero attached hydrogens (tertiary/aromatic N) is 2. The van der Waals surface area contributed by atoms with Gasteiger partial charge in [0.15, 0.2) is 5.11 Å². The monoisotopic (exact) mass is 421 g/mol. The van der Waals surface area contributed by atoms with E-state index in [-0.39, 0.29) is 0 Å². The number of ether oxygens (including phenoxy) is 1. The predicted molar refractivity (Wildman–Crippen MR) is 118 cm³/mol. The van der Waals surface area contributed by atoms with Crippen molar-refractivity contribution in [3.8, 4) is 5.75 Å². The van der Waals surface area contributed by atoms with Crippen molar-refractivity contribution in [2.45, 2.75) is 32.2 Å². The van der Waals surface area contributed by atoms with Crippen molar-refractivity contribution in [1.82, 2.24) is 9.80 Å². The highest BCUT2D eigenvalue weighted by atomic mass is 35.5. The first kappa shape index (κ1) is 21.0. The fourth-order valence-corrected chi connectivity index (χ4v) is 3.94. The average Bonchev–Trinajstić information content (AvgIpc) is 3.06. The van der Waals surface area contributed by atoms with Crippen LogP contribution in [0.1, 0.15) is 31.4 Å². The molecular weight excluding hydrogens is 394 g/mol. The maximum atomic E-state index is 6.24. The summed E-state index contributed by atoms with van der Waals surface area (Å²) in [5.74, 6) is 1.54. The van der Waals surface area contributed by atoms with Crippen LogP contribution in [0, 0.1) is 0 Å². The summed E-state index contributed by atoms with van der Waals surface area (Å²) in [4.78, 5) is 4.69. The Morgan fingerprint density at radius 2 is 2.04 bits per heavy atom. The van der Waals surface area contributed by atoms with Gasteiger partial charge in [0.1, 0.15) is 11.5 Å². The number of thiocarbonyl (C=S) groups is 1. The van der Waals surface area contributed by atoms with Gasteiger partial charge in [-0.3, -0.25) is 0 Å². The van der Waals surface area contributed by atoms with Crippen molar-refractivity contribution in [2.24, 2.45) is 0 Å². The van der Waals surface area contributed by atoms with E-state index in [1.54, 1.807) is 13.4 Å². The largest absolute Gasteiger partial charge is 0.495 e. The first-order valence-corrected chi connectivity index (χ1v) is 10.6. The lowest BCUT2D eigenvalue weighted by atomic mass is 10.2. The minimum atomic E-state index is 0.553. The molecule has 1 aromatic carbocycles. The first-order chi connectivity index (χ1) is 13.7. The molecule has 2 aromatic rings. The van der Waals surface area contributed by atoms with E-state index in [0.717, 1.165) is 24.5 Å². The van der Waals surface area contributed by atoms with E-state index in [4.69, 9.17) is 33.0 Å². The summed E-state index contributed by atoms with van der Waals surface area (Å²) in [6.07, 6.45) is 6.94. The number of halogens is 1. The number of benzene rings is 1. The molecule has 0 aliphatic carbocycles. The number of hydrogen-bond donors (Lipinski definition) is 1. The van der Waals surface area contributed by atoms with Crippen LogP contribution in [0.5, 0.6) is 5.75 Å². The standard InChI is InChI=1S/C21H28ClN3O2S/c1-26-20-9-8-17(15-19(20)22)23-21(28)25(16-18-7-6-14-27-18)13-12-24-10-4-2-3-5-11-24/h6-9,14-15H,2-5,10-13,16H2,1H3,(H,23,28). The molecule has 0 saturated carbocycles. The number of methoxy groups -OCH3 is 1. The number of anilines is 1. The maximum absolute atomic E-state index is 6.24. The number of furan rings is 1. The zero-order valence-corrected chi connectivity index (χ0v) is 17.9. The van der Waals surface area contributed by atoms with E-state index in [9.17, 15) is 0 Å². The third-order valence-corrected chi connectivity index (χ3v) is 5.66. The molecule has 3 rings (SSSR count). The zero-order valence-electron chi connectivity index (χ0n) is 16.3. The number of hydrogen-bond acceptors (Lipinski definition) is 4. The van der Waals surface area contributed by atoms with Crippen LogP contribution >= 0.6 is 23.8 Å². The topological polar surface area (TPSA) is 40.9 Å². The Labute approximate surface area is 177 Å². The molecule has 1 N–H and O–H groups in total. The minimum absolute atomic E-state index is 0.553. The van der Waals surface area contributed by atoms with Gasteiger partial charge in [-0.05, 0) is 68.5 Å². The summed E-state index contributed by atoms with van der Waals surface area (Å²) in [5.41, 5.74) is 0.843. The van der Waals surface area contributed by atoms with Crippen LogP contribution in [-0.4, -0.2) is 48.2 Å². The van der Waals surface area contributed by atoms with E-state index < -0.39 is 0 Å². The Kier molecular flexibility index (Phi) is 8.01. The predicted octanol–water partition coefficient (Wildman–Crippen LogP) is 5.02. The summed E-state index contributed by atoms with van der Waals surface area (Å²) < 4.78 is 10.8. The van der Waals surface area contributed by atoms with Gasteiger partial charge in [0.25, 0.3) is 0 Å². The van der Waals surface area contributed by atoms with E-state index in [1.165, 1.54) is 38.8 Å². The van der Waals surface area contributed by atoms with Crippen molar-refractivity contribution < 1.29 is 9.15 Å². The number of nitrogens with one attached hydrogen (secondary N) is 1. The lowest BCUT2D eigenvalue weighted by Crippen LogP contribution is -2.40. The van der Waals surface area contributed by atoms with Gasteiger partial charge in [-0.2, -0.15) is 0 Å². The second-order valence-electron chi connectivity index (χ2n) is 7.04. The van der Waals surface area contributed by atoms with Gasteiger partial charge in [0.2, 0.25) is 0 Å². The summed E-state index contributed by atoms with van der Waals surface area (Å²) in [7, 11) is 1.60. The van der Waals surface area contributed by atoms with Crippen LogP contribution in [0.15, 0.2) is 41.0 Å². The Morgan fingerprint density at radius 1 is 1.25 bits per heavy atom. The molecule has 7 heteroatoms. The molecule has 0 spiro atoms. The molecule has 0 unspecified atom stereocenters. The maximum Gasteiger partial charge on any atom is 0.173 e. The first-order valence-electron chi connectivity index (χ1n) is 9.80. The van der Waals surface area contributed by atoms with Crippen LogP contribution < -0.4 is 10.1 Å². The van der Waals surface area contributed by atoms with Crippen molar-refractivity contribution in [3.63, 3.8) is 0 Å². The van der Waals surface area contributed by atoms with E-state index in [1.807, 2.05) is 30.3 Å². The highest BCUT2D eigenvalue weighted by molar-refractivity contribution is 7.80. The molecule has 0 radical (unpaired) electrons. The molecule has 28 heavy (non-hydrogen) atoms. The molecule has 5 nitrogen and oxygen atoms in total. The highest BCUT2D eigenvalue weighted by Gasteiger charge is 2.16. The molecule has 1 saturated heterocycles. The average molecular weight is 422 g/mol. The Hall–Kier alpha value is -1.76. The molecule has 1 fully saturated rings. The van der Waals surface area contributed by atoms with Gasteiger partial charge in [-0.1, -0.05) is 24.4 Å². The van der Waals surface area contributed by atoms with Crippen molar-refractivity contribution in [2.75, 3.05) is 38.6 Å². The van der Waals surface area contributed by atoms with Crippen LogP contribution in [0.3, 0.4) is 0 Å². The molecular formula is C21H28ClN3O2S. The van der Waals surface area contributed by atoms with Gasteiger partial charge in [0, 0.05) is 18.8 Å². The lowest BCUT2D eigenvalue weighted by molar-refractivity contribution is 0.247. The van der Waals surface area contributed by atoms with Gasteiger partial charge in [-0.15, -0.1) is 0 Å². The van der Waals surface area contributed by atoms with Gasteiger partial charge < -0.3 is 24.3 Å². The van der Waals surface area contributed by atoms with Gasteiger partial charge in [0.05, 0.1) is 24.9 Å². The number of rotatable bonds is 7. The lowest BCUT2D eigenvalue weighted by Gasteiger charge is -2.28. The van der Waals surface area contributed by atoms with Crippen molar-refractivity contribution in [1.29, 1.82) is 0 Å². The second-order valence-corrected chi connectivity index (χ2v) is 7.83. The third kappa shape index (κ3) is 6.12. The minimum Gasteiger partial charge on any atom is -0.495 e. The van der Waals surface area contributed by atoms with E-state index >= 15 is 0 Å². The molecule has 1 aliphatic rings. The summed E-state index contributed by atoms with van der Waals surface area (Å²) in [6.45, 7) is 4.81. The normalized spacial score (nSPS) is 15.1.